The molecule has 1 aliphatic heterocycles. The van der Waals surface area contributed by atoms with E-state index in [0.717, 1.165) is 5.56 Å². The molecule has 2 nitrogen and oxygen atoms in total. The summed E-state index contributed by atoms with van der Waals surface area (Å²) < 4.78 is 32.1. The molecule has 2 aromatic carbocycles. The third-order valence-electron chi connectivity index (χ3n) is 3.42. The maximum Gasteiger partial charge on any atom is 0.127 e. The molecule has 0 spiro atoms. The summed E-state index contributed by atoms with van der Waals surface area (Å²) in [6.07, 6.45) is 0.0941. The molecule has 2 aromatic rings. The molecule has 0 aliphatic carbocycles. The van der Waals surface area contributed by atoms with Crippen LogP contribution in [0.15, 0.2) is 36.4 Å². The summed E-state index contributed by atoms with van der Waals surface area (Å²) in [6.45, 7) is 0. The van der Waals surface area contributed by atoms with E-state index in [1.165, 1.54) is 24.3 Å². The molecule has 2 atom stereocenters. The normalized spacial score (nSPS) is 21.2. The molecule has 104 valence electrons. The van der Waals surface area contributed by atoms with Crippen LogP contribution in [0.2, 0.25) is 5.02 Å². The zero-order valence-corrected chi connectivity index (χ0v) is 11.2. The first-order valence-electron chi connectivity index (χ1n) is 6.21. The Morgan fingerprint density at radius 2 is 1.70 bits per heavy atom. The fraction of sp³-hybridized carbons (Fsp3) is 0.200. The lowest BCUT2D eigenvalue weighted by atomic mass is 9.93. The molecule has 1 heterocycles. The number of halogens is 3. The van der Waals surface area contributed by atoms with Gasteiger partial charge in [-0.1, -0.05) is 23.7 Å². The van der Waals surface area contributed by atoms with Crippen molar-refractivity contribution in [2.45, 2.75) is 18.6 Å². The zero-order valence-electron chi connectivity index (χ0n) is 10.4. The van der Waals surface area contributed by atoms with Gasteiger partial charge in [-0.25, -0.2) is 8.78 Å². The molecule has 20 heavy (non-hydrogen) atoms. The van der Waals surface area contributed by atoms with Crippen molar-refractivity contribution in [3.8, 4) is 5.75 Å². The molecule has 0 fully saturated rings. The molecule has 0 bridgehead atoms. The Hall–Kier alpha value is -1.65. The zero-order chi connectivity index (χ0) is 14.3. The summed E-state index contributed by atoms with van der Waals surface area (Å²) in [5.74, 6) is -0.388. The lowest BCUT2D eigenvalue weighted by Gasteiger charge is -2.31. The van der Waals surface area contributed by atoms with E-state index in [1.807, 2.05) is 0 Å². The molecule has 0 radical (unpaired) electrons. The van der Waals surface area contributed by atoms with E-state index in [2.05, 4.69) is 0 Å². The predicted octanol–water partition coefficient (Wildman–Crippen LogP) is 4.14. The van der Waals surface area contributed by atoms with Crippen LogP contribution in [0.25, 0.3) is 0 Å². The van der Waals surface area contributed by atoms with Gasteiger partial charge in [-0.2, -0.15) is 0 Å². The van der Waals surface area contributed by atoms with Gasteiger partial charge in [-0.15, -0.1) is 0 Å². The first-order chi connectivity index (χ1) is 9.54. The Balaban J connectivity index is 1.98. The van der Waals surface area contributed by atoms with Gasteiger partial charge < -0.3 is 10.5 Å². The maximum atomic E-state index is 13.3. The van der Waals surface area contributed by atoms with Gasteiger partial charge in [0.05, 0.1) is 5.02 Å². The van der Waals surface area contributed by atoms with Crippen molar-refractivity contribution in [1.82, 2.24) is 0 Å². The summed E-state index contributed by atoms with van der Waals surface area (Å²) in [4.78, 5) is 0. The average molecular weight is 296 g/mol. The van der Waals surface area contributed by atoms with Crippen molar-refractivity contribution >= 4 is 11.6 Å². The second kappa shape index (κ2) is 5.04. The summed E-state index contributed by atoms with van der Waals surface area (Å²) >= 11 is 6.03. The summed E-state index contributed by atoms with van der Waals surface area (Å²) in [6, 6.07) is 8.12. The third kappa shape index (κ3) is 2.37. The fourth-order valence-corrected chi connectivity index (χ4v) is 2.72. The van der Waals surface area contributed by atoms with Crippen LogP contribution in [0.4, 0.5) is 8.78 Å². The summed E-state index contributed by atoms with van der Waals surface area (Å²) in [5.41, 5.74) is 7.50. The van der Waals surface area contributed by atoms with Gasteiger partial charge in [-0.05, 0) is 18.2 Å². The molecule has 0 aromatic heterocycles. The van der Waals surface area contributed by atoms with Crippen molar-refractivity contribution in [2.75, 3.05) is 0 Å². The van der Waals surface area contributed by atoms with Crippen molar-refractivity contribution in [3.63, 3.8) is 0 Å². The third-order valence-corrected chi connectivity index (χ3v) is 3.75. The number of nitrogens with two attached hydrogens (primary N) is 1. The Kier molecular flexibility index (Phi) is 3.36. The molecule has 1 unspecified atom stereocenters. The van der Waals surface area contributed by atoms with E-state index in [4.69, 9.17) is 22.1 Å². The van der Waals surface area contributed by atoms with E-state index in [-0.39, 0.29) is 16.9 Å². The molecule has 5 heteroatoms. The summed E-state index contributed by atoms with van der Waals surface area (Å²) in [7, 11) is 0. The summed E-state index contributed by atoms with van der Waals surface area (Å²) in [5, 5.41) is 0.280. The predicted molar refractivity (Wildman–Crippen MR) is 72.7 cm³/mol. The highest BCUT2D eigenvalue weighted by Crippen LogP contribution is 2.41. The maximum absolute atomic E-state index is 13.3. The number of fused-ring (bicyclic) bond motifs is 1. The minimum absolute atomic E-state index is 0.273. The lowest BCUT2D eigenvalue weighted by molar-refractivity contribution is 0.161. The highest BCUT2D eigenvalue weighted by atomic mass is 35.5. The SMILES string of the molecule is N[C@H]1CC(c2ccc(F)cc2Cl)Oc2cc(F)ccc21. The van der Waals surface area contributed by atoms with Crippen molar-refractivity contribution in [2.24, 2.45) is 5.73 Å². The monoisotopic (exact) mass is 295 g/mol. The first kappa shape index (κ1) is 13.3. The van der Waals surface area contributed by atoms with Gasteiger partial charge in [0.15, 0.2) is 0 Å². The number of hydrogen-bond acceptors (Lipinski definition) is 2. The molecular weight excluding hydrogens is 284 g/mol. The Labute approximate surface area is 120 Å². The average Bonchev–Trinajstić information content (AvgIpc) is 2.37. The largest absolute Gasteiger partial charge is 0.485 e. The first-order valence-corrected chi connectivity index (χ1v) is 6.59. The van der Waals surface area contributed by atoms with Crippen LogP contribution >= 0.6 is 11.6 Å². The highest BCUT2D eigenvalue weighted by Gasteiger charge is 2.28. The second-order valence-electron chi connectivity index (χ2n) is 4.80. The topological polar surface area (TPSA) is 35.2 Å². The van der Waals surface area contributed by atoms with Gasteiger partial charge in [0.2, 0.25) is 0 Å². The number of hydrogen-bond donors (Lipinski definition) is 1. The molecule has 2 N–H and O–H groups in total. The molecule has 3 rings (SSSR count). The van der Waals surface area contributed by atoms with Gasteiger partial charge in [-0.3, -0.25) is 0 Å². The van der Waals surface area contributed by atoms with E-state index >= 15 is 0 Å². The minimum atomic E-state index is -0.412. The molecular formula is C15H12ClF2NO. The van der Waals surface area contributed by atoms with Crippen LogP contribution in [-0.4, -0.2) is 0 Å². The molecule has 0 saturated heterocycles. The van der Waals surface area contributed by atoms with Crippen molar-refractivity contribution in [1.29, 1.82) is 0 Å². The van der Waals surface area contributed by atoms with Crippen LogP contribution in [0.3, 0.4) is 0 Å². The van der Waals surface area contributed by atoms with Crippen LogP contribution in [0.5, 0.6) is 5.75 Å². The fourth-order valence-electron chi connectivity index (χ4n) is 2.43. The number of benzene rings is 2. The Morgan fingerprint density at radius 1 is 1.05 bits per heavy atom. The van der Waals surface area contributed by atoms with Gasteiger partial charge >= 0.3 is 0 Å². The lowest BCUT2D eigenvalue weighted by Crippen LogP contribution is -2.24. The van der Waals surface area contributed by atoms with Crippen LogP contribution in [0.1, 0.15) is 29.7 Å². The molecule has 0 amide bonds. The van der Waals surface area contributed by atoms with Crippen molar-refractivity contribution < 1.29 is 13.5 Å². The van der Waals surface area contributed by atoms with E-state index in [0.29, 0.717) is 17.7 Å². The van der Waals surface area contributed by atoms with E-state index < -0.39 is 11.9 Å². The van der Waals surface area contributed by atoms with Crippen LogP contribution in [0, 0.1) is 11.6 Å². The van der Waals surface area contributed by atoms with Crippen molar-refractivity contribution in [3.05, 3.63) is 64.2 Å². The van der Waals surface area contributed by atoms with E-state index in [1.54, 1.807) is 12.1 Å². The van der Waals surface area contributed by atoms with Gasteiger partial charge in [0.25, 0.3) is 0 Å². The number of ether oxygens (including phenoxy) is 1. The van der Waals surface area contributed by atoms with Crippen LogP contribution < -0.4 is 10.5 Å². The van der Waals surface area contributed by atoms with Crippen LogP contribution in [-0.2, 0) is 0 Å². The van der Waals surface area contributed by atoms with E-state index in [9.17, 15) is 8.78 Å². The smallest absolute Gasteiger partial charge is 0.127 e. The van der Waals surface area contributed by atoms with Gasteiger partial charge in [0.1, 0.15) is 23.5 Å². The Morgan fingerprint density at radius 3 is 2.40 bits per heavy atom. The molecule has 1 aliphatic rings. The Bertz CT molecular complexity index is 662. The van der Waals surface area contributed by atoms with Gasteiger partial charge in [0, 0.05) is 29.7 Å². The number of rotatable bonds is 1. The molecule has 0 saturated carbocycles. The highest BCUT2D eigenvalue weighted by molar-refractivity contribution is 6.31. The minimum Gasteiger partial charge on any atom is -0.485 e. The quantitative estimate of drug-likeness (QED) is 0.858. The standard InChI is InChI=1S/C15H12ClF2NO/c16-12-5-8(17)1-3-10(12)15-7-13(19)11-4-2-9(18)6-14(11)20-15/h1-6,13,15H,7,19H2/t13-,15?/m0/s1. The second-order valence-corrected chi connectivity index (χ2v) is 5.20.